The number of hydrogen-bond donors (Lipinski definition) is 1. The number of amides is 1. The molecule has 0 aliphatic carbocycles. The number of hydrogen-bond acceptors (Lipinski definition) is 3. The van der Waals surface area contributed by atoms with Crippen molar-refractivity contribution in [1.29, 1.82) is 0 Å². The number of rotatable bonds is 4. The molecule has 1 N–H and O–H groups in total. The van der Waals surface area contributed by atoms with Crippen molar-refractivity contribution in [3.8, 4) is 5.75 Å². The summed E-state index contributed by atoms with van der Waals surface area (Å²) in [5.41, 5.74) is 3.88. The van der Waals surface area contributed by atoms with Gasteiger partial charge in [-0.2, -0.15) is 0 Å². The van der Waals surface area contributed by atoms with E-state index in [0.29, 0.717) is 12.1 Å². The second-order valence-electron chi connectivity index (χ2n) is 4.60. The topological polar surface area (TPSA) is 51.2 Å². The minimum absolute atomic E-state index is 0.119. The van der Waals surface area contributed by atoms with Crippen LogP contribution >= 0.6 is 0 Å². The van der Waals surface area contributed by atoms with Crippen LogP contribution in [0.4, 0.5) is 0 Å². The van der Waals surface area contributed by atoms with E-state index >= 15 is 0 Å². The van der Waals surface area contributed by atoms with Crippen LogP contribution in [0.2, 0.25) is 0 Å². The van der Waals surface area contributed by atoms with E-state index in [-0.39, 0.29) is 5.91 Å². The summed E-state index contributed by atoms with van der Waals surface area (Å²) in [6.45, 7) is 4.54. The van der Waals surface area contributed by atoms with Crippen molar-refractivity contribution in [1.82, 2.24) is 10.3 Å². The van der Waals surface area contributed by atoms with Crippen molar-refractivity contribution in [2.45, 2.75) is 20.4 Å². The Balaban J connectivity index is 2.08. The lowest BCUT2D eigenvalue weighted by molar-refractivity contribution is 0.0950. The molecule has 0 atom stereocenters. The number of nitrogens with zero attached hydrogens (tertiary/aromatic N) is 1. The van der Waals surface area contributed by atoms with Crippen LogP contribution in [-0.2, 0) is 6.54 Å². The highest BCUT2D eigenvalue weighted by molar-refractivity contribution is 5.93. The SMILES string of the molecule is COc1ccc(CNC(=O)c2cccnc2)c(C)c1C. The number of ether oxygens (including phenoxy) is 1. The number of carbonyl (C=O) groups is 1. The zero-order valence-electron chi connectivity index (χ0n) is 11.9. The minimum Gasteiger partial charge on any atom is -0.496 e. The summed E-state index contributed by atoms with van der Waals surface area (Å²) in [5, 5.41) is 2.90. The molecule has 1 heterocycles. The van der Waals surface area contributed by atoms with Crippen LogP contribution < -0.4 is 10.1 Å². The normalized spacial score (nSPS) is 10.2. The fourth-order valence-electron chi connectivity index (χ4n) is 2.04. The molecule has 0 radical (unpaired) electrons. The molecular formula is C16H18N2O2. The molecule has 1 aromatic carbocycles. The summed E-state index contributed by atoms with van der Waals surface area (Å²) in [6.07, 6.45) is 3.20. The molecule has 0 bridgehead atoms. The molecule has 4 heteroatoms. The molecule has 0 saturated carbocycles. The molecule has 4 nitrogen and oxygen atoms in total. The Hall–Kier alpha value is -2.36. The van der Waals surface area contributed by atoms with E-state index in [2.05, 4.69) is 10.3 Å². The third-order valence-electron chi connectivity index (χ3n) is 3.43. The summed E-state index contributed by atoms with van der Waals surface area (Å²) in [5.74, 6) is 0.746. The van der Waals surface area contributed by atoms with E-state index in [1.54, 1.807) is 31.6 Å². The summed E-state index contributed by atoms with van der Waals surface area (Å²) >= 11 is 0. The van der Waals surface area contributed by atoms with Crippen molar-refractivity contribution < 1.29 is 9.53 Å². The zero-order chi connectivity index (χ0) is 14.5. The molecule has 0 saturated heterocycles. The van der Waals surface area contributed by atoms with Crippen LogP contribution in [0.15, 0.2) is 36.7 Å². The molecule has 0 aliphatic heterocycles. The Kier molecular flexibility index (Phi) is 4.35. The standard InChI is InChI=1S/C16H18N2O2/c1-11-12(2)15(20-3)7-6-13(11)10-18-16(19)14-5-4-8-17-9-14/h4-9H,10H2,1-3H3,(H,18,19). The third kappa shape index (κ3) is 2.96. The molecule has 0 spiro atoms. The molecule has 1 aromatic heterocycles. The van der Waals surface area contributed by atoms with E-state index in [4.69, 9.17) is 4.74 Å². The number of methoxy groups -OCH3 is 1. The lowest BCUT2D eigenvalue weighted by Gasteiger charge is -2.13. The van der Waals surface area contributed by atoms with Crippen LogP contribution in [0.5, 0.6) is 5.75 Å². The first kappa shape index (κ1) is 14.1. The number of nitrogens with one attached hydrogen (secondary N) is 1. The van der Waals surface area contributed by atoms with Crippen molar-refractivity contribution in [3.63, 3.8) is 0 Å². The van der Waals surface area contributed by atoms with Crippen LogP contribution in [-0.4, -0.2) is 18.0 Å². The molecule has 0 fully saturated rings. The van der Waals surface area contributed by atoms with Crippen molar-refractivity contribution in [2.24, 2.45) is 0 Å². The first-order valence-corrected chi connectivity index (χ1v) is 6.44. The first-order valence-electron chi connectivity index (χ1n) is 6.44. The highest BCUT2D eigenvalue weighted by Gasteiger charge is 2.09. The minimum atomic E-state index is -0.119. The Bertz CT molecular complexity index is 609. The lowest BCUT2D eigenvalue weighted by Crippen LogP contribution is -2.23. The van der Waals surface area contributed by atoms with Gasteiger partial charge < -0.3 is 10.1 Å². The molecule has 0 unspecified atom stereocenters. The molecule has 0 aliphatic rings. The van der Waals surface area contributed by atoms with E-state index in [9.17, 15) is 4.79 Å². The van der Waals surface area contributed by atoms with E-state index in [0.717, 1.165) is 22.4 Å². The quantitative estimate of drug-likeness (QED) is 0.929. The van der Waals surface area contributed by atoms with Gasteiger partial charge in [0, 0.05) is 18.9 Å². The Labute approximate surface area is 118 Å². The molecule has 2 aromatic rings. The van der Waals surface area contributed by atoms with Crippen LogP contribution in [0.3, 0.4) is 0 Å². The molecule has 1 amide bonds. The Morgan fingerprint density at radius 3 is 2.70 bits per heavy atom. The van der Waals surface area contributed by atoms with Crippen molar-refractivity contribution in [3.05, 3.63) is 58.9 Å². The van der Waals surface area contributed by atoms with Gasteiger partial charge >= 0.3 is 0 Å². The number of aromatic nitrogens is 1. The average Bonchev–Trinajstić information content (AvgIpc) is 2.49. The fourth-order valence-corrected chi connectivity index (χ4v) is 2.04. The Morgan fingerprint density at radius 1 is 1.25 bits per heavy atom. The van der Waals surface area contributed by atoms with Gasteiger partial charge in [0.25, 0.3) is 5.91 Å². The van der Waals surface area contributed by atoms with Gasteiger partial charge in [-0.05, 0) is 48.7 Å². The zero-order valence-corrected chi connectivity index (χ0v) is 11.9. The maximum absolute atomic E-state index is 12.0. The van der Waals surface area contributed by atoms with E-state index in [1.807, 2.05) is 26.0 Å². The van der Waals surface area contributed by atoms with Crippen molar-refractivity contribution >= 4 is 5.91 Å². The third-order valence-corrected chi connectivity index (χ3v) is 3.43. The highest BCUT2D eigenvalue weighted by atomic mass is 16.5. The van der Waals surface area contributed by atoms with E-state index < -0.39 is 0 Å². The van der Waals surface area contributed by atoms with Crippen LogP contribution in [0.1, 0.15) is 27.0 Å². The number of carbonyl (C=O) groups excluding carboxylic acids is 1. The van der Waals surface area contributed by atoms with Gasteiger partial charge in [0.15, 0.2) is 0 Å². The predicted molar refractivity (Wildman–Crippen MR) is 77.9 cm³/mol. The largest absolute Gasteiger partial charge is 0.496 e. The van der Waals surface area contributed by atoms with Crippen molar-refractivity contribution in [2.75, 3.05) is 7.11 Å². The maximum atomic E-state index is 12.0. The predicted octanol–water partition coefficient (Wildman–Crippen LogP) is 2.64. The van der Waals surface area contributed by atoms with Gasteiger partial charge in [-0.15, -0.1) is 0 Å². The number of benzene rings is 1. The molecule has 2 rings (SSSR count). The first-order chi connectivity index (χ1) is 9.63. The van der Waals surface area contributed by atoms with Crippen LogP contribution in [0, 0.1) is 13.8 Å². The highest BCUT2D eigenvalue weighted by Crippen LogP contribution is 2.23. The van der Waals surface area contributed by atoms with Gasteiger partial charge in [0.2, 0.25) is 0 Å². The average molecular weight is 270 g/mol. The van der Waals surface area contributed by atoms with Gasteiger partial charge in [-0.3, -0.25) is 9.78 Å². The molecule has 20 heavy (non-hydrogen) atoms. The summed E-state index contributed by atoms with van der Waals surface area (Å²) in [7, 11) is 1.66. The molecule has 104 valence electrons. The molecular weight excluding hydrogens is 252 g/mol. The second kappa shape index (κ2) is 6.19. The summed E-state index contributed by atoms with van der Waals surface area (Å²) in [6, 6.07) is 7.39. The van der Waals surface area contributed by atoms with E-state index in [1.165, 1.54) is 0 Å². The lowest BCUT2D eigenvalue weighted by atomic mass is 10.0. The summed E-state index contributed by atoms with van der Waals surface area (Å²) in [4.78, 5) is 15.9. The maximum Gasteiger partial charge on any atom is 0.253 e. The fraction of sp³-hybridized carbons (Fsp3) is 0.250. The monoisotopic (exact) mass is 270 g/mol. The van der Waals surface area contributed by atoms with Crippen LogP contribution in [0.25, 0.3) is 0 Å². The van der Waals surface area contributed by atoms with Gasteiger partial charge in [0.05, 0.1) is 12.7 Å². The second-order valence-corrected chi connectivity index (χ2v) is 4.60. The summed E-state index contributed by atoms with van der Waals surface area (Å²) < 4.78 is 5.28. The van der Waals surface area contributed by atoms with Gasteiger partial charge in [-0.1, -0.05) is 6.07 Å². The van der Waals surface area contributed by atoms with Gasteiger partial charge in [0.1, 0.15) is 5.75 Å². The Morgan fingerprint density at radius 2 is 2.05 bits per heavy atom. The number of pyridine rings is 1. The smallest absolute Gasteiger partial charge is 0.253 e. The van der Waals surface area contributed by atoms with Gasteiger partial charge in [-0.25, -0.2) is 0 Å².